The summed E-state index contributed by atoms with van der Waals surface area (Å²) in [4.78, 5) is 0. The van der Waals surface area contributed by atoms with Crippen molar-refractivity contribution in [3.63, 3.8) is 0 Å². The molecule has 0 saturated heterocycles. The molecule has 0 spiro atoms. The standard InChI is InChI=1S/C17H30BI/c1-16(18)13-9-10-14-17(16,19)15-11-7-5-3-2-4-6-8-12-15/h15H,2-14H2,1H3/t16-,17-/m0/s1. The van der Waals surface area contributed by atoms with E-state index in [1.165, 1.54) is 83.5 Å². The van der Waals surface area contributed by atoms with Crippen molar-refractivity contribution in [3.05, 3.63) is 0 Å². The fourth-order valence-electron chi connectivity index (χ4n) is 4.31. The van der Waals surface area contributed by atoms with Crippen molar-refractivity contribution in [2.45, 2.75) is 99.1 Å². The zero-order valence-corrected chi connectivity index (χ0v) is 14.9. The Kier molecular flexibility index (Phi) is 6.11. The normalized spacial score (nSPS) is 39.9. The molecule has 0 bridgehead atoms. The first-order valence-corrected chi connectivity index (χ1v) is 9.62. The van der Waals surface area contributed by atoms with E-state index in [0.29, 0.717) is 3.42 Å². The second kappa shape index (κ2) is 7.18. The number of hydrogen-bond acceptors (Lipinski definition) is 0. The lowest BCUT2D eigenvalue weighted by atomic mass is 9.51. The van der Waals surface area contributed by atoms with Gasteiger partial charge in [-0.15, -0.1) is 0 Å². The molecule has 2 rings (SSSR count). The molecule has 2 atom stereocenters. The summed E-state index contributed by atoms with van der Waals surface area (Å²) in [6, 6.07) is 0. The Balaban J connectivity index is 2.06. The van der Waals surface area contributed by atoms with E-state index in [1.807, 2.05) is 0 Å². The van der Waals surface area contributed by atoms with Crippen LogP contribution >= 0.6 is 22.6 Å². The molecule has 19 heavy (non-hydrogen) atoms. The third-order valence-corrected chi connectivity index (χ3v) is 8.34. The molecule has 2 heteroatoms. The molecule has 0 aromatic rings. The minimum atomic E-state index is 0.0561. The van der Waals surface area contributed by atoms with Gasteiger partial charge < -0.3 is 0 Å². The van der Waals surface area contributed by atoms with Crippen LogP contribution in [0.1, 0.15) is 90.4 Å². The lowest BCUT2D eigenvalue weighted by Crippen LogP contribution is -2.45. The van der Waals surface area contributed by atoms with E-state index in [4.69, 9.17) is 7.85 Å². The zero-order chi connectivity index (χ0) is 13.8. The zero-order valence-electron chi connectivity index (χ0n) is 12.7. The first kappa shape index (κ1) is 16.2. The Bertz CT molecular complexity index is 266. The molecule has 2 radical (unpaired) electrons. The van der Waals surface area contributed by atoms with Crippen LogP contribution in [0.4, 0.5) is 0 Å². The lowest BCUT2D eigenvalue weighted by molar-refractivity contribution is 0.212. The van der Waals surface area contributed by atoms with Crippen LogP contribution in [0.25, 0.3) is 0 Å². The van der Waals surface area contributed by atoms with Crippen molar-refractivity contribution in [1.82, 2.24) is 0 Å². The second-order valence-electron chi connectivity index (χ2n) is 7.24. The van der Waals surface area contributed by atoms with E-state index in [-0.39, 0.29) is 5.31 Å². The first-order chi connectivity index (χ1) is 9.06. The van der Waals surface area contributed by atoms with E-state index < -0.39 is 0 Å². The summed E-state index contributed by atoms with van der Waals surface area (Å²) in [5, 5.41) is 0.0561. The van der Waals surface area contributed by atoms with Crippen LogP contribution in [-0.2, 0) is 0 Å². The van der Waals surface area contributed by atoms with Crippen LogP contribution in [0.15, 0.2) is 0 Å². The molecule has 0 aromatic carbocycles. The number of rotatable bonds is 1. The Morgan fingerprint density at radius 2 is 1.26 bits per heavy atom. The van der Waals surface area contributed by atoms with Gasteiger partial charge in [-0.3, -0.25) is 0 Å². The summed E-state index contributed by atoms with van der Waals surface area (Å²) < 4.78 is 0.363. The molecule has 0 aromatic heterocycles. The van der Waals surface area contributed by atoms with Gasteiger partial charge in [0.2, 0.25) is 0 Å². The highest BCUT2D eigenvalue weighted by atomic mass is 127. The van der Waals surface area contributed by atoms with Crippen molar-refractivity contribution < 1.29 is 0 Å². The molecule has 2 aliphatic rings. The summed E-state index contributed by atoms with van der Waals surface area (Å²) in [5.74, 6) is 0.862. The summed E-state index contributed by atoms with van der Waals surface area (Å²) >= 11 is 2.78. The highest BCUT2D eigenvalue weighted by Crippen LogP contribution is 2.59. The van der Waals surface area contributed by atoms with Crippen LogP contribution in [0, 0.1) is 5.92 Å². The highest BCUT2D eigenvalue weighted by molar-refractivity contribution is 14.1. The van der Waals surface area contributed by atoms with Crippen LogP contribution in [0.5, 0.6) is 0 Å². The predicted octanol–water partition coefficient (Wildman–Crippen LogP) is 6.22. The summed E-state index contributed by atoms with van der Waals surface area (Å²) in [6.45, 7) is 2.33. The Morgan fingerprint density at radius 3 is 1.79 bits per heavy atom. The monoisotopic (exact) mass is 372 g/mol. The predicted molar refractivity (Wildman–Crippen MR) is 94.4 cm³/mol. The largest absolute Gasteiger partial charge is 0.0788 e. The van der Waals surface area contributed by atoms with E-state index in [2.05, 4.69) is 29.5 Å². The van der Waals surface area contributed by atoms with E-state index in [0.717, 1.165) is 5.92 Å². The van der Waals surface area contributed by atoms with Crippen molar-refractivity contribution in [2.75, 3.05) is 0 Å². The number of hydrogen-bond donors (Lipinski definition) is 0. The maximum Gasteiger partial charge on any atom is 0.0760 e. The van der Waals surface area contributed by atoms with E-state index in [9.17, 15) is 0 Å². The van der Waals surface area contributed by atoms with Gasteiger partial charge in [0.05, 0.1) is 7.85 Å². The van der Waals surface area contributed by atoms with Crippen molar-refractivity contribution in [3.8, 4) is 0 Å². The van der Waals surface area contributed by atoms with Gasteiger partial charge in [0.1, 0.15) is 0 Å². The Hall–Kier alpha value is 0.795. The topological polar surface area (TPSA) is 0 Å². The van der Waals surface area contributed by atoms with Gasteiger partial charge in [-0.1, -0.05) is 99.0 Å². The van der Waals surface area contributed by atoms with E-state index >= 15 is 0 Å². The molecular weight excluding hydrogens is 342 g/mol. The molecule has 0 N–H and O–H groups in total. The summed E-state index contributed by atoms with van der Waals surface area (Å²) in [5.41, 5.74) is 0. The quantitative estimate of drug-likeness (QED) is 0.291. The maximum absolute atomic E-state index is 6.74. The summed E-state index contributed by atoms with van der Waals surface area (Å²) in [6.07, 6.45) is 18.3. The van der Waals surface area contributed by atoms with Gasteiger partial charge in [-0.2, -0.15) is 0 Å². The molecule has 2 aliphatic carbocycles. The molecule has 108 valence electrons. The highest BCUT2D eigenvalue weighted by Gasteiger charge is 2.48. The SMILES string of the molecule is [B][C@@]1(C)CCCC[C@]1(I)C1CCCCCCCCC1. The molecular formula is C17H30BI. The maximum atomic E-state index is 6.74. The molecule has 0 aliphatic heterocycles. The number of halogens is 1. The third-order valence-electron chi connectivity index (χ3n) is 5.69. The van der Waals surface area contributed by atoms with Crippen LogP contribution in [-0.4, -0.2) is 11.3 Å². The molecule has 0 heterocycles. The van der Waals surface area contributed by atoms with Crippen LogP contribution in [0.2, 0.25) is 5.31 Å². The van der Waals surface area contributed by atoms with E-state index in [1.54, 1.807) is 0 Å². The lowest BCUT2D eigenvalue weighted by Gasteiger charge is -2.52. The fraction of sp³-hybridized carbons (Fsp3) is 1.00. The van der Waals surface area contributed by atoms with Crippen LogP contribution in [0.3, 0.4) is 0 Å². The van der Waals surface area contributed by atoms with Crippen molar-refractivity contribution >= 4 is 30.4 Å². The van der Waals surface area contributed by atoms with Gasteiger partial charge >= 0.3 is 0 Å². The van der Waals surface area contributed by atoms with Crippen molar-refractivity contribution in [1.29, 1.82) is 0 Å². The van der Waals surface area contributed by atoms with Crippen LogP contribution < -0.4 is 0 Å². The minimum absolute atomic E-state index is 0.0561. The van der Waals surface area contributed by atoms with Gasteiger partial charge in [-0.25, -0.2) is 0 Å². The summed E-state index contributed by atoms with van der Waals surface area (Å²) in [7, 11) is 6.74. The third kappa shape index (κ3) is 3.92. The molecule has 2 fully saturated rings. The van der Waals surface area contributed by atoms with Crippen molar-refractivity contribution in [2.24, 2.45) is 5.92 Å². The van der Waals surface area contributed by atoms with Gasteiger partial charge in [0, 0.05) is 3.42 Å². The average Bonchev–Trinajstić information content (AvgIpc) is 2.39. The second-order valence-corrected chi connectivity index (χ2v) is 9.16. The van der Waals surface area contributed by atoms with Gasteiger partial charge in [0.15, 0.2) is 0 Å². The molecule has 2 saturated carbocycles. The number of alkyl halides is 1. The molecule has 0 nitrogen and oxygen atoms in total. The first-order valence-electron chi connectivity index (χ1n) is 8.54. The van der Waals surface area contributed by atoms with Gasteiger partial charge in [0.25, 0.3) is 0 Å². The fourth-order valence-corrected chi connectivity index (χ4v) is 5.58. The Morgan fingerprint density at radius 1 is 0.789 bits per heavy atom. The smallest absolute Gasteiger partial charge is 0.0760 e. The molecule has 0 unspecified atom stereocenters. The van der Waals surface area contributed by atoms with Gasteiger partial charge in [-0.05, 0) is 25.2 Å². The molecule has 0 amide bonds. The Labute approximate surface area is 135 Å². The minimum Gasteiger partial charge on any atom is -0.0788 e. The average molecular weight is 372 g/mol.